The maximum absolute atomic E-state index is 13.4. The molecule has 2 atom stereocenters. The normalized spacial score (nSPS) is 17.2. The number of carbonyl (C=O) groups excluding carboxylic acids is 3. The van der Waals surface area contributed by atoms with Gasteiger partial charge >= 0.3 is 12.4 Å². The van der Waals surface area contributed by atoms with E-state index in [0.717, 1.165) is 24.4 Å². The molecule has 1 fully saturated rings. The molecule has 2 N–H and O–H groups in total. The van der Waals surface area contributed by atoms with Gasteiger partial charge in [-0.25, -0.2) is 0 Å². The number of halogens is 8. The minimum Gasteiger partial charge on any atom is -0.354 e. The van der Waals surface area contributed by atoms with Gasteiger partial charge in [-0.1, -0.05) is 35.3 Å². The highest BCUT2D eigenvalue weighted by Gasteiger charge is 2.38. The summed E-state index contributed by atoms with van der Waals surface area (Å²) in [5.74, 6) is -2.26. The van der Waals surface area contributed by atoms with Crippen molar-refractivity contribution in [1.29, 1.82) is 0 Å². The summed E-state index contributed by atoms with van der Waals surface area (Å²) >= 11 is 12.1. The molecule has 1 aliphatic rings. The molecule has 216 valence electrons. The van der Waals surface area contributed by atoms with Crippen LogP contribution in [-0.2, 0) is 21.9 Å². The quantitative estimate of drug-likeness (QED) is 0.303. The summed E-state index contributed by atoms with van der Waals surface area (Å²) < 4.78 is 80.1. The fourth-order valence-electron chi connectivity index (χ4n) is 4.04. The van der Waals surface area contributed by atoms with Crippen molar-refractivity contribution in [2.75, 3.05) is 13.6 Å². The maximum Gasteiger partial charge on any atom is 0.416 e. The Morgan fingerprint density at radius 1 is 1.00 bits per heavy atom. The predicted octanol–water partition coefficient (Wildman–Crippen LogP) is 6.19. The molecule has 2 aromatic carbocycles. The number of amides is 3. The molecule has 0 saturated carbocycles. The zero-order chi connectivity index (χ0) is 29.8. The van der Waals surface area contributed by atoms with E-state index < -0.39 is 52.9 Å². The van der Waals surface area contributed by atoms with Gasteiger partial charge < -0.3 is 15.5 Å². The number of alkyl halides is 6. The molecule has 0 aliphatic carbocycles. The number of nitrogens with one attached hydrogen (secondary N) is 2. The van der Waals surface area contributed by atoms with Crippen molar-refractivity contribution in [1.82, 2.24) is 15.5 Å². The van der Waals surface area contributed by atoms with Crippen LogP contribution in [0.5, 0.6) is 0 Å². The van der Waals surface area contributed by atoms with Gasteiger partial charge in [0.25, 0.3) is 5.91 Å². The van der Waals surface area contributed by atoms with E-state index in [1.165, 1.54) is 24.3 Å². The van der Waals surface area contributed by atoms with E-state index in [1.54, 1.807) is 0 Å². The van der Waals surface area contributed by atoms with E-state index in [2.05, 4.69) is 10.6 Å². The van der Waals surface area contributed by atoms with Crippen molar-refractivity contribution >= 4 is 40.9 Å². The lowest BCUT2D eigenvalue weighted by molar-refractivity contribution is -0.143. The second-order valence-electron chi connectivity index (χ2n) is 9.04. The summed E-state index contributed by atoms with van der Waals surface area (Å²) in [6, 6.07) is 2.72. The van der Waals surface area contributed by atoms with Gasteiger partial charge in [0.2, 0.25) is 11.8 Å². The van der Waals surface area contributed by atoms with Crippen LogP contribution in [0.4, 0.5) is 26.3 Å². The number of hydrogen-bond donors (Lipinski definition) is 2. The summed E-state index contributed by atoms with van der Waals surface area (Å²) in [4.78, 5) is 38.9. The van der Waals surface area contributed by atoms with Crippen LogP contribution in [0.2, 0.25) is 10.0 Å². The van der Waals surface area contributed by atoms with Crippen molar-refractivity contribution < 1.29 is 40.7 Å². The van der Waals surface area contributed by atoms with E-state index in [0.29, 0.717) is 31.5 Å². The molecule has 3 rings (SSSR count). The Kier molecular flexibility index (Phi) is 9.78. The third-order valence-electron chi connectivity index (χ3n) is 6.14. The number of benzene rings is 2. The van der Waals surface area contributed by atoms with Gasteiger partial charge in [-0.3, -0.25) is 14.4 Å². The fourth-order valence-corrected chi connectivity index (χ4v) is 4.35. The van der Waals surface area contributed by atoms with Gasteiger partial charge in [-0.15, -0.1) is 0 Å². The zero-order valence-corrected chi connectivity index (χ0v) is 22.3. The van der Waals surface area contributed by atoms with Crippen molar-refractivity contribution in [3.63, 3.8) is 0 Å². The van der Waals surface area contributed by atoms with Crippen LogP contribution in [0, 0.1) is 0 Å². The molecule has 1 aliphatic heterocycles. The number of nitrogens with zero attached hydrogens (tertiary/aromatic N) is 1. The molecule has 0 unspecified atom stereocenters. The lowest BCUT2D eigenvalue weighted by Crippen LogP contribution is -2.45. The largest absolute Gasteiger partial charge is 0.416 e. The smallest absolute Gasteiger partial charge is 0.354 e. The van der Waals surface area contributed by atoms with Crippen molar-refractivity contribution in [2.45, 2.75) is 43.7 Å². The number of hydrogen-bond acceptors (Lipinski definition) is 3. The molecule has 40 heavy (non-hydrogen) atoms. The Labute approximate surface area is 235 Å². The molecule has 1 heterocycles. The first-order valence-corrected chi connectivity index (χ1v) is 12.6. The van der Waals surface area contributed by atoms with Crippen LogP contribution in [0.15, 0.2) is 48.6 Å². The van der Waals surface area contributed by atoms with Gasteiger partial charge in [0.05, 0.1) is 27.2 Å². The molecule has 1 saturated heterocycles. The monoisotopic (exact) mass is 609 g/mol. The van der Waals surface area contributed by atoms with E-state index in [4.69, 9.17) is 23.2 Å². The third kappa shape index (κ3) is 7.91. The Hall–Kier alpha value is -3.25. The fraction of sp³-hybridized carbons (Fsp3) is 0.346. The molecule has 0 radical (unpaired) electrons. The van der Waals surface area contributed by atoms with Crippen LogP contribution in [-0.4, -0.2) is 42.3 Å². The third-order valence-corrected chi connectivity index (χ3v) is 6.88. The summed E-state index contributed by atoms with van der Waals surface area (Å²) in [6.45, 7) is 0.471. The second-order valence-corrected chi connectivity index (χ2v) is 9.85. The van der Waals surface area contributed by atoms with Crippen LogP contribution in [0.25, 0.3) is 0 Å². The Bertz CT molecular complexity index is 1280. The lowest BCUT2D eigenvalue weighted by atomic mass is 10.0. The first-order chi connectivity index (χ1) is 18.6. The van der Waals surface area contributed by atoms with Crippen LogP contribution >= 0.6 is 23.2 Å². The second kappa shape index (κ2) is 12.5. The van der Waals surface area contributed by atoms with Crippen LogP contribution in [0.1, 0.15) is 52.4 Å². The summed E-state index contributed by atoms with van der Waals surface area (Å²) in [7, 11) is 1.14. The van der Waals surface area contributed by atoms with Crippen LogP contribution < -0.4 is 10.6 Å². The molecule has 0 aromatic heterocycles. The molecule has 0 bridgehead atoms. The van der Waals surface area contributed by atoms with E-state index >= 15 is 0 Å². The Morgan fingerprint density at radius 3 is 2.20 bits per heavy atom. The molecule has 14 heteroatoms. The first-order valence-electron chi connectivity index (χ1n) is 11.9. The topological polar surface area (TPSA) is 78.5 Å². The molecular formula is C26H23Cl2F6N3O3. The Morgan fingerprint density at radius 2 is 1.62 bits per heavy atom. The molecule has 3 amide bonds. The predicted molar refractivity (Wildman–Crippen MR) is 136 cm³/mol. The zero-order valence-electron chi connectivity index (χ0n) is 20.8. The van der Waals surface area contributed by atoms with E-state index in [1.807, 2.05) is 0 Å². The summed E-state index contributed by atoms with van der Waals surface area (Å²) in [6.07, 6.45) is -6.25. The summed E-state index contributed by atoms with van der Waals surface area (Å²) in [5, 5.41) is 5.41. The van der Waals surface area contributed by atoms with Gasteiger partial charge in [0.1, 0.15) is 6.04 Å². The first kappa shape index (κ1) is 31.3. The average molecular weight is 610 g/mol. The molecule has 6 nitrogen and oxygen atoms in total. The minimum atomic E-state index is -5.15. The highest BCUT2D eigenvalue weighted by atomic mass is 35.5. The number of rotatable bonds is 6. The Balaban J connectivity index is 1.98. The summed E-state index contributed by atoms with van der Waals surface area (Å²) in [5.41, 5.74) is -3.92. The number of likely N-dealkylation sites (N-methyl/N-ethyl adjacent to an activating group) is 1. The number of carbonyl (C=O) groups is 3. The van der Waals surface area contributed by atoms with Gasteiger partial charge in [0.15, 0.2) is 0 Å². The average Bonchev–Trinajstić information content (AvgIpc) is 3.08. The van der Waals surface area contributed by atoms with Crippen molar-refractivity contribution in [3.8, 4) is 0 Å². The highest BCUT2D eigenvalue weighted by molar-refractivity contribution is 6.42. The molecular weight excluding hydrogens is 587 g/mol. The van der Waals surface area contributed by atoms with Crippen molar-refractivity contribution in [2.24, 2.45) is 0 Å². The highest BCUT2D eigenvalue weighted by Crippen LogP contribution is 2.37. The van der Waals surface area contributed by atoms with Crippen LogP contribution in [0.3, 0.4) is 0 Å². The maximum atomic E-state index is 13.4. The van der Waals surface area contributed by atoms with E-state index in [-0.39, 0.29) is 27.6 Å². The van der Waals surface area contributed by atoms with Gasteiger partial charge in [-0.2, -0.15) is 26.3 Å². The van der Waals surface area contributed by atoms with Crippen molar-refractivity contribution in [3.05, 3.63) is 80.8 Å². The standard InChI is InChI=1S/C26H23Cl2F6N3O3/c1-37(24(40)15-10-16(25(29,30)31)13-17(11-15)26(32,33)34)21(14-5-6-18(27)19(28)12-14)7-8-22(38)36-20-4-2-3-9-35-23(20)39/h5-8,10-13,20-21H,2-4,9H2,1H3,(H,35,39)(H,36,38)/b8-7+/t20-,21-/m1/s1. The SMILES string of the molecule is CN(C(=O)c1cc(C(F)(F)F)cc(C(F)(F)F)c1)[C@H](/C=C/C(=O)N[C@@H]1CCCCNC1=O)c1ccc(Cl)c(Cl)c1. The van der Waals surface area contributed by atoms with E-state index in [9.17, 15) is 40.7 Å². The molecule has 0 spiro atoms. The van der Waals surface area contributed by atoms with Gasteiger partial charge in [0, 0.05) is 25.2 Å². The van der Waals surface area contributed by atoms with Gasteiger partial charge in [-0.05, 0) is 55.2 Å². The lowest BCUT2D eigenvalue weighted by Gasteiger charge is -2.27. The minimum absolute atomic E-state index is 0.0522. The molecule has 2 aromatic rings.